The maximum absolute atomic E-state index is 12.0. The lowest BCUT2D eigenvalue weighted by Crippen LogP contribution is -2.19. The summed E-state index contributed by atoms with van der Waals surface area (Å²) in [7, 11) is 0. The maximum Gasteiger partial charge on any atom is 0.323 e. The minimum Gasteiger partial charge on any atom is -0.508 e. The molecule has 104 valence electrons. The zero-order valence-electron chi connectivity index (χ0n) is 11.2. The molecular weight excluding hydrogens is 264 g/mol. The van der Waals surface area contributed by atoms with Crippen molar-refractivity contribution in [3.8, 4) is 5.75 Å². The highest BCUT2D eigenvalue weighted by Gasteiger charge is 2.05. The monoisotopic (exact) mass is 278 g/mol. The molecule has 4 nitrogen and oxygen atoms in total. The van der Waals surface area contributed by atoms with Crippen molar-refractivity contribution >= 4 is 28.2 Å². The molecule has 0 bridgehead atoms. The molecule has 3 rings (SSSR count). The first-order chi connectivity index (χ1) is 10.2. The SMILES string of the molecule is O=C(Nc1cccc(O)c1)Nc1cccc2ccccc12. The number of phenols is 1. The smallest absolute Gasteiger partial charge is 0.323 e. The minimum atomic E-state index is -0.350. The number of urea groups is 1. The number of hydrogen-bond acceptors (Lipinski definition) is 2. The van der Waals surface area contributed by atoms with Crippen LogP contribution in [0.2, 0.25) is 0 Å². The first-order valence-corrected chi connectivity index (χ1v) is 6.57. The topological polar surface area (TPSA) is 61.4 Å². The van der Waals surface area contributed by atoms with E-state index in [0.717, 1.165) is 16.5 Å². The normalized spacial score (nSPS) is 10.3. The maximum atomic E-state index is 12.0. The second-order valence-corrected chi connectivity index (χ2v) is 4.66. The number of amides is 2. The van der Waals surface area contributed by atoms with Gasteiger partial charge in [-0.15, -0.1) is 0 Å². The van der Waals surface area contributed by atoms with Crippen molar-refractivity contribution in [1.29, 1.82) is 0 Å². The van der Waals surface area contributed by atoms with Crippen molar-refractivity contribution in [3.05, 3.63) is 66.7 Å². The minimum absolute atomic E-state index is 0.109. The van der Waals surface area contributed by atoms with Gasteiger partial charge < -0.3 is 15.7 Å². The first-order valence-electron chi connectivity index (χ1n) is 6.57. The molecule has 21 heavy (non-hydrogen) atoms. The molecule has 0 aliphatic carbocycles. The molecular formula is C17H14N2O2. The van der Waals surface area contributed by atoms with Crippen LogP contribution in [0.4, 0.5) is 16.2 Å². The van der Waals surface area contributed by atoms with Gasteiger partial charge in [0.2, 0.25) is 0 Å². The van der Waals surface area contributed by atoms with Crippen LogP contribution in [0.15, 0.2) is 66.7 Å². The van der Waals surface area contributed by atoms with E-state index < -0.39 is 0 Å². The van der Waals surface area contributed by atoms with Crippen molar-refractivity contribution in [2.24, 2.45) is 0 Å². The van der Waals surface area contributed by atoms with E-state index in [0.29, 0.717) is 5.69 Å². The fourth-order valence-electron chi connectivity index (χ4n) is 2.20. The quantitative estimate of drug-likeness (QED) is 0.658. The van der Waals surface area contributed by atoms with Gasteiger partial charge in [-0.05, 0) is 23.6 Å². The molecule has 0 saturated heterocycles. The van der Waals surface area contributed by atoms with Crippen LogP contribution in [-0.4, -0.2) is 11.1 Å². The van der Waals surface area contributed by atoms with Crippen molar-refractivity contribution in [1.82, 2.24) is 0 Å². The molecule has 0 atom stereocenters. The molecule has 0 aliphatic heterocycles. The van der Waals surface area contributed by atoms with Crippen molar-refractivity contribution in [3.63, 3.8) is 0 Å². The van der Waals surface area contributed by atoms with Gasteiger partial charge in [-0.25, -0.2) is 4.79 Å². The highest BCUT2D eigenvalue weighted by atomic mass is 16.3. The van der Waals surface area contributed by atoms with Gasteiger partial charge in [0.05, 0.1) is 5.69 Å². The molecule has 0 aromatic heterocycles. The lowest BCUT2D eigenvalue weighted by Gasteiger charge is -2.10. The summed E-state index contributed by atoms with van der Waals surface area (Å²) in [4.78, 5) is 12.0. The van der Waals surface area contributed by atoms with Crippen LogP contribution < -0.4 is 10.6 Å². The molecule has 3 aromatic carbocycles. The summed E-state index contributed by atoms with van der Waals surface area (Å²) in [5.41, 5.74) is 1.28. The summed E-state index contributed by atoms with van der Waals surface area (Å²) in [6.45, 7) is 0. The van der Waals surface area contributed by atoms with E-state index in [2.05, 4.69) is 10.6 Å². The summed E-state index contributed by atoms with van der Waals surface area (Å²) >= 11 is 0. The Hall–Kier alpha value is -3.01. The van der Waals surface area contributed by atoms with Crippen LogP contribution in [0, 0.1) is 0 Å². The summed E-state index contributed by atoms with van der Waals surface area (Å²) < 4.78 is 0. The van der Waals surface area contributed by atoms with E-state index in [1.807, 2.05) is 42.5 Å². The Labute approximate surface area is 122 Å². The number of nitrogens with one attached hydrogen (secondary N) is 2. The highest BCUT2D eigenvalue weighted by molar-refractivity contribution is 6.06. The number of fused-ring (bicyclic) bond motifs is 1. The van der Waals surface area contributed by atoms with Crippen molar-refractivity contribution < 1.29 is 9.90 Å². The third-order valence-corrected chi connectivity index (χ3v) is 3.14. The second-order valence-electron chi connectivity index (χ2n) is 4.66. The standard InChI is InChI=1S/C17H14N2O2/c20-14-8-4-7-13(11-14)18-17(21)19-16-10-3-6-12-5-1-2-9-15(12)16/h1-11,20H,(H2,18,19,21). The van der Waals surface area contributed by atoms with Crippen LogP contribution >= 0.6 is 0 Å². The number of aromatic hydroxyl groups is 1. The Morgan fingerprint density at radius 3 is 2.48 bits per heavy atom. The fourth-order valence-corrected chi connectivity index (χ4v) is 2.20. The molecule has 0 unspecified atom stereocenters. The predicted molar refractivity (Wildman–Crippen MR) is 84.7 cm³/mol. The Morgan fingerprint density at radius 1 is 0.857 bits per heavy atom. The molecule has 3 N–H and O–H groups in total. The van der Waals surface area contributed by atoms with E-state index in [9.17, 15) is 9.90 Å². The molecule has 0 radical (unpaired) electrons. The third kappa shape index (κ3) is 2.95. The number of benzene rings is 3. The van der Waals surface area contributed by atoms with Crippen LogP contribution in [0.25, 0.3) is 10.8 Å². The van der Waals surface area contributed by atoms with Gasteiger partial charge in [0.15, 0.2) is 0 Å². The fraction of sp³-hybridized carbons (Fsp3) is 0. The van der Waals surface area contributed by atoms with Gasteiger partial charge in [-0.2, -0.15) is 0 Å². The van der Waals surface area contributed by atoms with Crippen LogP contribution in [0.1, 0.15) is 0 Å². The van der Waals surface area contributed by atoms with E-state index in [1.54, 1.807) is 18.2 Å². The number of phenolic OH excluding ortho intramolecular Hbond substituents is 1. The zero-order chi connectivity index (χ0) is 14.7. The summed E-state index contributed by atoms with van der Waals surface area (Å²) in [5, 5.41) is 16.9. The van der Waals surface area contributed by atoms with Gasteiger partial charge in [0.25, 0.3) is 0 Å². The Kier molecular flexibility index (Phi) is 3.43. The average molecular weight is 278 g/mol. The molecule has 0 spiro atoms. The number of anilines is 2. The van der Waals surface area contributed by atoms with Gasteiger partial charge in [-0.3, -0.25) is 0 Å². The highest BCUT2D eigenvalue weighted by Crippen LogP contribution is 2.23. The van der Waals surface area contributed by atoms with Crippen LogP contribution in [0.5, 0.6) is 5.75 Å². The lowest BCUT2D eigenvalue weighted by atomic mass is 10.1. The van der Waals surface area contributed by atoms with Gasteiger partial charge in [0, 0.05) is 17.1 Å². The molecule has 0 aliphatic rings. The van der Waals surface area contributed by atoms with Gasteiger partial charge >= 0.3 is 6.03 Å². The second kappa shape index (κ2) is 5.54. The van der Waals surface area contributed by atoms with E-state index in [1.165, 1.54) is 6.07 Å². The van der Waals surface area contributed by atoms with E-state index in [4.69, 9.17) is 0 Å². The molecule has 4 heteroatoms. The molecule has 0 fully saturated rings. The van der Waals surface area contributed by atoms with E-state index in [-0.39, 0.29) is 11.8 Å². The molecule has 3 aromatic rings. The van der Waals surface area contributed by atoms with Gasteiger partial charge in [0.1, 0.15) is 5.75 Å². The van der Waals surface area contributed by atoms with Crippen molar-refractivity contribution in [2.75, 3.05) is 10.6 Å². The third-order valence-electron chi connectivity index (χ3n) is 3.14. The Morgan fingerprint density at radius 2 is 1.62 bits per heavy atom. The Bertz CT molecular complexity index is 794. The molecule has 0 saturated carbocycles. The Balaban J connectivity index is 1.80. The van der Waals surface area contributed by atoms with Crippen LogP contribution in [0.3, 0.4) is 0 Å². The molecule has 2 amide bonds. The largest absolute Gasteiger partial charge is 0.508 e. The number of carbonyl (C=O) groups excluding carboxylic acids is 1. The van der Waals surface area contributed by atoms with Crippen molar-refractivity contribution in [2.45, 2.75) is 0 Å². The summed E-state index contributed by atoms with van der Waals surface area (Å²) in [6, 6.07) is 19.6. The first kappa shape index (κ1) is 13.0. The zero-order valence-corrected chi connectivity index (χ0v) is 11.2. The molecule has 0 heterocycles. The van der Waals surface area contributed by atoms with Gasteiger partial charge in [-0.1, -0.05) is 42.5 Å². The summed E-state index contributed by atoms with van der Waals surface area (Å²) in [6.07, 6.45) is 0. The predicted octanol–water partition coefficient (Wildman–Crippen LogP) is 4.19. The lowest BCUT2D eigenvalue weighted by molar-refractivity contribution is 0.262. The average Bonchev–Trinajstić information content (AvgIpc) is 2.47. The number of hydrogen-bond donors (Lipinski definition) is 3. The van der Waals surface area contributed by atoms with Crippen LogP contribution in [-0.2, 0) is 0 Å². The number of rotatable bonds is 2. The summed E-state index contributed by atoms with van der Waals surface area (Å²) in [5.74, 6) is 0.109. The number of carbonyl (C=O) groups is 1. The van der Waals surface area contributed by atoms with E-state index >= 15 is 0 Å².